The van der Waals surface area contributed by atoms with Crippen LogP contribution in [0, 0.1) is 5.82 Å². The number of hydrogen-bond donors (Lipinski definition) is 2. The molecule has 2 heterocycles. The van der Waals surface area contributed by atoms with Crippen LogP contribution in [0.25, 0.3) is 11.3 Å². The number of ether oxygens (including phenoxy) is 2. The van der Waals surface area contributed by atoms with Gasteiger partial charge in [0.15, 0.2) is 17.3 Å². The second kappa shape index (κ2) is 10.4. The molecule has 1 aliphatic heterocycles. The second-order valence-electron chi connectivity index (χ2n) is 7.93. The molecule has 0 aliphatic carbocycles. The van der Waals surface area contributed by atoms with Gasteiger partial charge >= 0.3 is 0 Å². The van der Waals surface area contributed by atoms with Gasteiger partial charge in [0.25, 0.3) is 5.91 Å². The van der Waals surface area contributed by atoms with Crippen LogP contribution in [0.2, 0.25) is 0 Å². The van der Waals surface area contributed by atoms with Crippen molar-refractivity contribution in [2.24, 2.45) is 0 Å². The van der Waals surface area contributed by atoms with Gasteiger partial charge < -0.3 is 19.7 Å². The van der Waals surface area contributed by atoms with Crippen molar-refractivity contribution < 1.29 is 18.7 Å². The van der Waals surface area contributed by atoms with E-state index < -0.39 is 0 Å². The summed E-state index contributed by atoms with van der Waals surface area (Å²) in [4.78, 5) is 15.1. The highest BCUT2D eigenvalue weighted by molar-refractivity contribution is 5.95. The highest BCUT2D eigenvalue weighted by Crippen LogP contribution is 2.29. The van der Waals surface area contributed by atoms with Crippen molar-refractivity contribution in [3.05, 3.63) is 59.9 Å². The standard InChI is InChI=1S/C25H29FN4O3/c1-3-32-22-12-9-18(14-23(22)33-4-2)25(31)27-20-6-5-13-30(16-20)24-15-21(28-29-24)17-7-10-19(26)11-8-17/h7-12,14-15,20H,3-6,13,16H2,1-2H3,(H,27,31)(H,28,29). The highest BCUT2D eigenvalue weighted by Gasteiger charge is 2.24. The normalized spacial score (nSPS) is 15.8. The number of H-pyrrole nitrogens is 1. The first-order chi connectivity index (χ1) is 16.1. The summed E-state index contributed by atoms with van der Waals surface area (Å²) in [5, 5.41) is 10.6. The number of piperidine rings is 1. The van der Waals surface area contributed by atoms with Crippen LogP contribution in [0.15, 0.2) is 48.5 Å². The molecule has 1 atom stereocenters. The summed E-state index contributed by atoms with van der Waals surface area (Å²) >= 11 is 0. The largest absolute Gasteiger partial charge is 0.490 e. The average molecular weight is 453 g/mol. The van der Waals surface area contributed by atoms with Gasteiger partial charge in [0, 0.05) is 30.8 Å². The molecule has 1 saturated heterocycles. The molecule has 0 radical (unpaired) electrons. The molecule has 2 aromatic carbocycles. The molecule has 7 nitrogen and oxygen atoms in total. The lowest BCUT2D eigenvalue weighted by Crippen LogP contribution is -2.48. The molecule has 1 aromatic heterocycles. The molecule has 174 valence electrons. The van der Waals surface area contributed by atoms with Gasteiger partial charge in [0.2, 0.25) is 0 Å². The van der Waals surface area contributed by atoms with Crippen molar-refractivity contribution in [1.82, 2.24) is 15.5 Å². The Bertz CT molecular complexity index is 1080. The number of carbonyl (C=O) groups is 1. The zero-order valence-electron chi connectivity index (χ0n) is 18.9. The van der Waals surface area contributed by atoms with Crippen molar-refractivity contribution in [2.75, 3.05) is 31.2 Å². The Morgan fingerprint density at radius 2 is 1.88 bits per heavy atom. The third-order valence-electron chi connectivity index (χ3n) is 5.61. The fourth-order valence-electron chi connectivity index (χ4n) is 4.01. The Balaban J connectivity index is 1.41. The molecule has 1 unspecified atom stereocenters. The maximum atomic E-state index is 13.2. The lowest BCUT2D eigenvalue weighted by Gasteiger charge is -2.33. The fraction of sp³-hybridized carbons (Fsp3) is 0.360. The number of aromatic nitrogens is 2. The summed E-state index contributed by atoms with van der Waals surface area (Å²) in [6, 6.07) is 13.5. The van der Waals surface area contributed by atoms with Gasteiger partial charge in [-0.25, -0.2) is 4.39 Å². The molecule has 0 bridgehead atoms. The van der Waals surface area contributed by atoms with Crippen molar-refractivity contribution >= 4 is 11.7 Å². The van der Waals surface area contributed by atoms with Gasteiger partial charge in [-0.1, -0.05) is 0 Å². The second-order valence-corrected chi connectivity index (χ2v) is 7.93. The van der Waals surface area contributed by atoms with Crippen LogP contribution in [-0.4, -0.2) is 48.4 Å². The number of rotatable bonds is 8. The van der Waals surface area contributed by atoms with E-state index in [0.29, 0.717) is 36.8 Å². The van der Waals surface area contributed by atoms with Gasteiger partial charge in [-0.3, -0.25) is 9.89 Å². The van der Waals surface area contributed by atoms with Crippen molar-refractivity contribution in [3.63, 3.8) is 0 Å². The summed E-state index contributed by atoms with van der Waals surface area (Å²) in [6.45, 7) is 6.35. The summed E-state index contributed by atoms with van der Waals surface area (Å²) in [7, 11) is 0. The number of carbonyl (C=O) groups excluding carboxylic acids is 1. The van der Waals surface area contributed by atoms with Crippen LogP contribution in [0.1, 0.15) is 37.0 Å². The van der Waals surface area contributed by atoms with Crippen LogP contribution in [0.3, 0.4) is 0 Å². The molecule has 8 heteroatoms. The summed E-state index contributed by atoms with van der Waals surface area (Å²) in [6.07, 6.45) is 1.84. The van der Waals surface area contributed by atoms with E-state index in [1.807, 2.05) is 19.9 Å². The van der Waals surface area contributed by atoms with Gasteiger partial charge in [0.05, 0.1) is 18.9 Å². The van der Waals surface area contributed by atoms with E-state index in [-0.39, 0.29) is 17.8 Å². The minimum absolute atomic E-state index is 0.000618. The first-order valence-corrected chi connectivity index (χ1v) is 11.3. The van der Waals surface area contributed by atoms with Gasteiger partial charge in [0.1, 0.15) is 5.82 Å². The summed E-state index contributed by atoms with van der Waals surface area (Å²) in [5.74, 6) is 1.61. The zero-order chi connectivity index (χ0) is 23.2. The van der Waals surface area contributed by atoms with Gasteiger partial charge in [-0.05, 0) is 74.7 Å². The molecular weight excluding hydrogens is 423 g/mol. The maximum Gasteiger partial charge on any atom is 0.251 e. The van der Waals surface area contributed by atoms with Gasteiger partial charge in [-0.2, -0.15) is 5.10 Å². The Labute approximate surface area is 192 Å². The third kappa shape index (κ3) is 5.45. The first kappa shape index (κ1) is 22.6. The van der Waals surface area contributed by atoms with E-state index in [9.17, 15) is 9.18 Å². The van der Waals surface area contributed by atoms with Crippen LogP contribution < -0.4 is 19.7 Å². The van der Waals surface area contributed by atoms with E-state index >= 15 is 0 Å². The monoisotopic (exact) mass is 452 g/mol. The van der Waals surface area contributed by atoms with Crippen LogP contribution >= 0.6 is 0 Å². The number of hydrogen-bond acceptors (Lipinski definition) is 5. The predicted molar refractivity (Wildman–Crippen MR) is 125 cm³/mol. The molecular formula is C25H29FN4O3. The maximum absolute atomic E-state index is 13.2. The van der Waals surface area contributed by atoms with E-state index in [4.69, 9.17) is 9.47 Å². The van der Waals surface area contributed by atoms with Crippen LogP contribution in [0.4, 0.5) is 10.2 Å². The molecule has 4 rings (SSSR count). The minimum Gasteiger partial charge on any atom is -0.490 e. The van der Waals surface area contributed by atoms with E-state index in [2.05, 4.69) is 20.4 Å². The number of amides is 1. The van der Waals surface area contributed by atoms with Crippen molar-refractivity contribution in [3.8, 4) is 22.8 Å². The Hall–Kier alpha value is -3.55. The fourth-order valence-corrected chi connectivity index (χ4v) is 4.01. The molecule has 1 aliphatic rings. The number of aromatic amines is 1. The Morgan fingerprint density at radius 1 is 1.12 bits per heavy atom. The summed E-state index contributed by atoms with van der Waals surface area (Å²) in [5.41, 5.74) is 2.24. The van der Waals surface area contributed by atoms with Crippen molar-refractivity contribution in [1.29, 1.82) is 0 Å². The van der Waals surface area contributed by atoms with Crippen LogP contribution in [-0.2, 0) is 0 Å². The Kier molecular flexibility index (Phi) is 7.12. The van der Waals surface area contributed by atoms with E-state index in [0.717, 1.165) is 36.5 Å². The SMILES string of the molecule is CCOc1ccc(C(=O)NC2CCCN(c3cc(-c4ccc(F)cc4)[nH]n3)C2)cc1OCC. The Morgan fingerprint density at radius 3 is 2.64 bits per heavy atom. The quantitative estimate of drug-likeness (QED) is 0.529. The van der Waals surface area contributed by atoms with Gasteiger partial charge in [-0.15, -0.1) is 0 Å². The average Bonchev–Trinajstić information content (AvgIpc) is 3.31. The summed E-state index contributed by atoms with van der Waals surface area (Å²) < 4.78 is 24.4. The third-order valence-corrected chi connectivity index (χ3v) is 5.61. The van der Waals surface area contributed by atoms with Crippen LogP contribution in [0.5, 0.6) is 11.5 Å². The molecule has 0 spiro atoms. The topological polar surface area (TPSA) is 79.5 Å². The smallest absolute Gasteiger partial charge is 0.251 e. The molecule has 1 amide bonds. The number of nitrogens with zero attached hydrogens (tertiary/aromatic N) is 2. The number of anilines is 1. The van der Waals surface area contributed by atoms with E-state index in [1.165, 1.54) is 12.1 Å². The number of nitrogens with one attached hydrogen (secondary N) is 2. The minimum atomic E-state index is -0.269. The number of benzene rings is 2. The molecule has 1 fully saturated rings. The van der Waals surface area contributed by atoms with Crippen molar-refractivity contribution in [2.45, 2.75) is 32.7 Å². The molecule has 2 N–H and O–H groups in total. The molecule has 0 saturated carbocycles. The first-order valence-electron chi connectivity index (χ1n) is 11.3. The lowest BCUT2D eigenvalue weighted by atomic mass is 10.0. The lowest BCUT2D eigenvalue weighted by molar-refractivity contribution is 0.0932. The highest BCUT2D eigenvalue weighted by atomic mass is 19.1. The number of halogens is 1. The molecule has 3 aromatic rings. The predicted octanol–water partition coefficient (Wildman–Crippen LogP) is 4.41. The zero-order valence-corrected chi connectivity index (χ0v) is 18.9. The molecule has 33 heavy (non-hydrogen) atoms. The van der Waals surface area contributed by atoms with E-state index in [1.54, 1.807) is 30.3 Å².